The molecule has 0 bridgehead atoms. The van der Waals surface area contributed by atoms with E-state index in [1.165, 1.54) is 25.7 Å². The van der Waals surface area contributed by atoms with Crippen LogP contribution in [0.2, 0.25) is 0 Å². The number of nitrogens with zero attached hydrogens (tertiary/aromatic N) is 6. The van der Waals surface area contributed by atoms with Crippen LogP contribution in [0.15, 0.2) is 4.52 Å². The van der Waals surface area contributed by atoms with Gasteiger partial charge in [0.1, 0.15) is 0 Å². The molecule has 2 aliphatic carbocycles. The lowest BCUT2D eigenvalue weighted by Gasteiger charge is -2.00. The molecule has 2 saturated carbocycles. The SMILES string of the molecule is C(SCc1nnnn1C1CC1)c1noc(C2CC2)n1. The second-order valence-corrected chi connectivity index (χ2v) is 6.07. The summed E-state index contributed by atoms with van der Waals surface area (Å²) in [5.41, 5.74) is 0. The summed E-state index contributed by atoms with van der Waals surface area (Å²) in [5.74, 6) is 4.58. The van der Waals surface area contributed by atoms with Gasteiger partial charge < -0.3 is 4.52 Å². The maximum Gasteiger partial charge on any atom is 0.229 e. The maximum absolute atomic E-state index is 5.23. The summed E-state index contributed by atoms with van der Waals surface area (Å²) in [4.78, 5) is 4.40. The fourth-order valence-corrected chi connectivity index (χ4v) is 2.74. The van der Waals surface area contributed by atoms with Crippen molar-refractivity contribution in [1.82, 2.24) is 30.3 Å². The minimum absolute atomic E-state index is 0.522. The second-order valence-electron chi connectivity index (χ2n) is 5.09. The van der Waals surface area contributed by atoms with E-state index in [2.05, 4.69) is 25.7 Å². The Labute approximate surface area is 114 Å². The van der Waals surface area contributed by atoms with Gasteiger partial charge in [-0.2, -0.15) is 4.98 Å². The third kappa shape index (κ3) is 2.49. The van der Waals surface area contributed by atoms with Gasteiger partial charge in [-0.05, 0) is 36.1 Å². The molecule has 0 N–H and O–H groups in total. The maximum atomic E-state index is 5.23. The molecule has 0 spiro atoms. The molecule has 8 heteroatoms. The molecular formula is C11H14N6OS. The molecule has 0 aliphatic heterocycles. The molecule has 0 saturated heterocycles. The van der Waals surface area contributed by atoms with Gasteiger partial charge in [-0.3, -0.25) is 0 Å². The van der Waals surface area contributed by atoms with Crippen molar-refractivity contribution in [2.24, 2.45) is 0 Å². The highest BCUT2D eigenvalue weighted by Gasteiger charge is 2.30. The van der Waals surface area contributed by atoms with Crippen molar-refractivity contribution >= 4 is 11.8 Å². The Balaban J connectivity index is 1.32. The van der Waals surface area contributed by atoms with E-state index in [0.29, 0.717) is 12.0 Å². The zero-order valence-electron chi connectivity index (χ0n) is 10.4. The van der Waals surface area contributed by atoms with Gasteiger partial charge in [-0.1, -0.05) is 5.16 Å². The van der Waals surface area contributed by atoms with Crippen molar-refractivity contribution in [3.63, 3.8) is 0 Å². The quantitative estimate of drug-likeness (QED) is 0.795. The Morgan fingerprint density at radius 1 is 1.21 bits per heavy atom. The molecule has 2 aromatic heterocycles. The topological polar surface area (TPSA) is 82.5 Å². The highest BCUT2D eigenvalue weighted by atomic mass is 32.2. The van der Waals surface area contributed by atoms with Gasteiger partial charge in [-0.25, -0.2) is 4.68 Å². The minimum Gasteiger partial charge on any atom is -0.339 e. The van der Waals surface area contributed by atoms with Crippen LogP contribution in [0.5, 0.6) is 0 Å². The first-order chi connectivity index (χ1) is 9.40. The molecular weight excluding hydrogens is 264 g/mol. The first kappa shape index (κ1) is 11.4. The number of hydrogen-bond acceptors (Lipinski definition) is 7. The van der Waals surface area contributed by atoms with E-state index in [4.69, 9.17) is 4.52 Å². The van der Waals surface area contributed by atoms with Crippen LogP contribution in [-0.2, 0) is 11.5 Å². The molecule has 0 aromatic carbocycles. The fourth-order valence-electron chi connectivity index (χ4n) is 1.97. The molecule has 0 amide bonds. The number of aromatic nitrogens is 6. The lowest BCUT2D eigenvalue weighted by atomic mass is 10.4. The largest absolute Gasteiger partial charge is 0.339 e. The van der Waals surface area contributed by atoms with Gasteiger partial charge in [0.2, 0.25) is 5.89 Å². The van der Waals surface area contributed by atoms with E-state index in [0.717, 1.165) is 29.0 Å². The van der Waals surface area contributed by atoms with E-state index in [1.54, 1.807) is 11.8 Å². The van der Waals surface area contributed by atoms with E-state index in [-0.39, 0.29) is 0 Å². The summed E-state index contributed by atoms with van der Waals surface area (Å²) in [7, 11) is 0. The molecule has 7 nitrogen and oxygen atoms in total. The van der Waals surface area contributed by atoms with Crippen LogP contribution in [0.1, 0.15) is 55.2 Å². The predicted octanol–water partition coefficient (Wildman–Crippen LogP) is 1.70. The molecule has 2 fully saturated rings. The van der Waals surface area contributed by atoms with Crippen LogP contribution < -0.4 is 0 Å². The first-order valence-corrected chi connectivity index (χ1v) is 7.72. The third-order valence-corrected chi connectivity index (χ3v) is 4.25. The Hall–Kier alpha value is -1.44. The second kappa shape index (κ2) is 4.59. The summed E-state index contributed by atoms with van der Waals surface area (Å²) in [5, 5.41) is 15.8. The van der Waals surface area contributed by atoms with Crippen molar-refractivity contribution < 1.29 is 4.52 Å². The van der Waals surface area contributed by atoms with Crippen molar-refractivity contribution in [3.8, 4) is 0 Å². The average Bonchev–Trinajstić information content (AvgIpc) is 3.35. The Bertz CT molecular complexity index is 573. The van der Waals surface area contributed by atoms with Crippen molar-refractivity contribution in [1.29, 1.82) is 0 Å². The lowest BCUT2D eigenvalue weighted by Crippen LogP contribution is -2.02. The van der Waals surface area contributed by atoms with Gasteiger partial charge in [-0.15, -0.1) is 16.9 Å². The third-order valence-electron chi connectivity index (χ3n) is 3.33. The van der Waals surface area contributed by atoms with Crippen LogP contribution in [-0.4, -0.2) is 30.3 Å². The highest BCUT2D eigenvalue weighted by molar-refractivity contribution is 7.97. The molecule has 2 aromatic rings. The number of thioether (sulfide) groups is 1. The lowest BCUT2D eigenvalue weighted by molar-refractivity contribution is 0.375. The summed E-state index contributed by atoms with van der Waals surface area (Å²) in [6.45, 7) is 0. The average molecular weight is 278 g/mol. The van der Waals surface area contributed by atoms with Gasteiger partial charge in [0.25, 0.3) is 0 Å². The first-order valence-electron chi connectivity index (χ1n) is 6.57. The van der Waals surface area contributed by atoms with Gasteiger partial charge in [0.05, 0.1) is 17.5 Å². The van der Waals surface area contributed by atoms with Crippen LogP contribution in [0, 0.1) is 0 Å². The van der Waals surface area contributed by atoms with E-state index in [1.807, 2.05) is 4.68 Å². The van der Waals surface area contributed by atoms with Crippen molar-refractivity contribution in [3.05, 3.63) is 17.5 Å². The molecule has 19 heavy (non-hydrogen) atoms. The number of rotatable bonds is 6. The molecule has 2 heterocycles. The fraction of sp³-hybridized carbons (Fsp3) is 0.727. The summed E-state index contributed by atoms with van der Waals surface area (Å²) in [6, 6.07) is 0.525. The van der Waals surface area contributed by atoms with E-state index in [9.17, 15) is 0 Å². The van der Waals surface area contributed by atoms with Crippen molar-refractivity contribution in [2.45, 2.75) is 49.1 Å². The molecule has 100 valence electrons. The summed E-state index contributed by atoms with van der Waals surface area (Å²) < 4.78 is 7.17. The van der Waals surface area contributed by atoms with Gasteiger partial charge >= 0.3 is 0 Å². The summed E-state index contributed by atoms with van der Waals surface area (Å²) in [6.07, 6.45) is 4.76. The summed E-state index contributed by atoms with van der Waals surface area (Å²) >= 11 is 1.72. The normalized spacial score (nSPS) is 18.9. The zero-order chi connectivity index (χ0) is 12.7. The number of tetrazole rings is 1. The number of hydrogen-bond donors (Lipinski definition) is 0. The molecule has 2 aliphatic rings. The van der Waals surface area contributed by atoms with Gasteiger partial charge in [0.15, 0.2) is 11.6 Å². The molecule has 0 atom stereocenters. The Morgan fingerprint density at radius 2 is 2.11 bits per heavy atom. The van der Waals surface area contributed by atoms with E-state index < -0.39 is 0 Å². The van der Waals surface area contributed by atoms with Crippen LogP contribution >= 0.6 is 11.8 Å². The smallest absolute Gasteiger partial charge is 0.229 e. The van der Waals surface area contributed by atoms with Crippen LogP contribution in [0.4, 0.5) is 0 Å². The molecule has 0 radical (unpaired) electrons. The Kier molecular flexibility index (Phi) is 2.75. The molecule has 0 unspecified atom stereocenters. The van der Waals surface area contributed by atoms with Crippen LogP contribution in [0.25, 0.3) is 0 Å². The minimum atomic E-state index is 0.522. The molecule has 4 rings (SSSR count). The van der Waals surface area contributed by atoms with Crippen molar-refractivity contribution in [2.75, 3.05) is 0 Å². The zero-order valence-corrected chi connectivity index (χ0v) is 11.2. The predicted molar refractivity (Wildman–Crippen MR) is 67.4 cm³/mol. The van der Waals surface area contributed by atoms with Crippen LogP contribution in [0.3, 0.4) is 0 Å². The van der Waals surface area contributed by atoms with E-state index >= 15 is 0 Å². The Morgan fingerprint density at radius 3 is 2.89 bits per heavy atom. The monoisotopic (exact) mass is 278 g/mol. The van der Waals surface area contributed by atoms with Gasteiger partial charge in [0, 0.05) is 5.92 Å². The standard InChI is InChI=1S/C11H14N6OS/c1-2-7(1)11-12-9(14-18-11)5-19-6-10-13-15-16-17(10)8-3-4-8/h7-8H,1-6H2. The highest BCUT2D eigenvalue weighted by Crippen LogP contribution is 2.39.